The Balaban J connectivity index is 1.85. The summed E-state index contributed by atoms with van der Waals surface area (Å²) in [6.45, 7) is 0. The van der Waals surface area contributed by atoms with Crippen molar-refractivity contribution >= 4 is 10.9 Å². The highest BCUT2D eigenvalue weighted by molar-refractivity contribution is 5.88. The number of piperidine rings is 1. The van der Waals surface area contributed by atoms with Gasteiger partial charge in [-0.3, -0.25) is 0 Å². The molecule has 2 aliphatic heterocycles. The van der Waals surface area contributed by atoms with Crippen LogP contribution in [0.1, 0.15) is 36.6 Å². The van der Waals surface area contributed by atoms with Crippen LogP contribution >= 0.6 is 0 Å². The molecule has 22 heavy (non-hydrogen) atoms. The van der Waals surface area contributed by atoms with E-state index in [2.05, 4.69) is 64.5 Å². The maximum absolute atomic E-state index is 3.85. The van der Waals surface area contributed by atoms with E-state index in [1.807, 2.05) is 0 Å². The highest BCUT2D eigenvalue weighted by atomic mass is 15.1. The van der Waals surface area contributed by atoms with Crippen LogP contribution in [0, 0.1) is 0 Å². The smallest absolute Gasteiger partial charge is 0.0534 e. The summed E-state index contributed by atoms with van der Waals surface area (Å²) >= 11 is 0. The third-order valence-corrected chi connectivity index (χ3v) is 5.30. The lowest BCUT2D eigenvalue weighted by molar-refractivity contribution is 0.300. The topological polar surface area (TPSA) is 17.0 Å². The fourth-order valence-electron chi connectivity index (χ4n) is 4.42. The van der Waals surface area contributed by atoms with Crippen LogP contribution in [0.25, 0.3) is 16.6 Å². The quantitative estimate of drug-likeness (QED) is 0.703. The predicted octanol–water partition coefficient (Wildman–Crippen LogP) is 4.37. The molecule has 1 N–H and O–H groups in total. The minimum atomic E-state index is 0.539. The molecular weight excluding hydrogens is 268 g/mol. The van der Waals surface area contributed by atoms with Gasteiger partial charge in [-0.05, 0) is 43.0 Å². The first-order valence-electron chi connectivity index (χ1n) is 8.35. The van der Waals surface area contributed by atoms with E-state index >= 15 is 0 Å². The summed E-state index contributed by atoms with van der Waals surface area (Å²) < 4.78 is 2.50. The zero-order valence-electron chi connectivity index (χ0n) is 12.6. The molecule has 2 atom stereocenters. The van der Waals surface area contributed by atoms with E-state index in [0.717, 1.165) is 6.42 Å². The second kappa shape index (κ2) is 4.72. The van der Waals surface area contributed by atoms with Gasteiger partial charge in [0.2, 0.25) is 0 Å². The fourth-order valence-corrected chi connectivity index (χ4v) is 4.42. The van der Waals surface area contributed by atoms with Gasteiger partial charge in [-0.25, -0.2) is 0 Å². The SMILES string of the molecule is c1ccc(-n2c3c(c4ccccc42)C2CCCC(C3)N2)cc1. The van der Waals surface area contributed by atoms with Crippen molar-refractivity contribution in [2.24, 2.45) is 0 Å². The summed E-state index contributed by atoms with van der Waals surface area (Å²) in [5, 5.41) is 5.28. The molecule has 2 unspecified atom stereocenters. The largest absolute Gasteiger partial charge is 0.313 e. The van der Waals surface area contributed by atoms with Gasteiger partial charge in [0, 0.05) is 35.3 Å². The molecule has 0 amide bonds. The third-order valence-electron chi connectivity index (χ3n) is 5.30. The second-order valence-electron chi connectivity index (χ2n) is 6.60. The van der Waals surface area contributed by atoms with Gasteiger partial charge in [-0.15, -0.1) is 0 Å². The molecule has 0 aliphatic carbocycles. The molecule has 3 aromatic rings. The summed E-state index contributed by atoms with van der Waals surface area (Å²) in [6, 6.07) is 20.9. The van der Waals surface area contributed by atoms with E-state index in [4.69, 9.17) is 0 Å². The van der Waals surface area contributed by atoms with Gasteiger partial charge in [0.05, 0.1) is 5.52 Å². The number of nitrogens with one attached hydrogen (secondary N) is 1. The summed E-state index contributed by atoms with van der Waals surface area (Å²) in [7, 11) is 0. The van der Waals surface area contributed by atoms with Crippen LogP contribution in [-0.4, -0.2) is 10.6 Å². The summed E-state index contributed by atoms with van der Waals surface area (Å²) in [4.78, 5) is 0. The molecule has 2 nitrogen and oxygen atoms in total. The lowest BCUT2D eigenvalue weighted by Crippen LogP contribution is -2.42. The third kappa shape index (κ3) is 1.71. The van der Waals surface area contributed by atoms with Gasteiger partial charge in [0.15, 0.2) is 0 Å². The van der Waals surface area contributed by atoms with E-state index in [0.29, 0.717) is 12.1 Å². The Hall–Kier alpha value is -2.06. The number of nitrogens with zero attached hydrogens (tertiary/aromatic N) is 1. The Bertz CT molecular complexity index is 832. The lowest BCUT2D eigenvalue weighted by atomic mass is 9.84. The average molecular weight is 288 g/mol. The molecule has 2 bridgehead atoms. The van der Waals surface area contributed by atoms with Crippen LogP contribution in [0.3, 0.4) is 0 Å². The maximum Gasteiger partial charge on any atom is 0.0534 e. The van der Waals surface area contributed by atoms with Crippen molar-refractivity contribution < 1.29 is 0 Å². The average Bonchev–Trinajstić information content (AvgIpc) is 2.90. The zero-order valence-corrected chi connectivity index (χ0v) is 12.6. The van der Waals surface area contributed by atoms with Crippen molar-refractivity contribution in [2.45, 2.75) is 37.8 Å². The van der Waals surface area contributed by atoms with Crippen LogP contribution in [-0.2, 0) is 6.42 Å². The number of fused-ring (bicyclic) bond motifs is 6. The molecular formula is C20H20N2. The number of hydrogen-bond acceptors (Lipinski definition) is 1. The van der Waals surface area contributed by atoms with Crippen molar-refractivity contribution in [3.8, 4) is 5.69 Å². The van der Waals surface area contributed by atoms with E-state index in [1.165, 1.54) is 41.5 Å². The highest BCUT2D eigenvalue weighted by Gasteiger charge is 2.34. The van der Waals surface area contributed by atoms with E-state index in [9.17, 15) is 0 Å². The van der Waals surface area contributed by atoms with Gasteiger partial charge in [0.25, 0.3) is 0 Å². The van der Waals surface area contributed by atoms with Crippen LogP contribution in [0.15, 0.2) is 54.6 Å². The van der Waals surface area contributed by atoms with Crippen LogP contribution in [0.4, 0.5) is 0 Å². The normalized spacial score (nSPS) is 23.5. The molecule has 2 heteroatoms. The van der Waals surface area contributed by atoms with Gasteiger partial charge in [-0.2, -0.15) is 0 Å². The molecule has 110 valence electrons. The van der Waals surface area contributed by atoms with Crippen molar-refractivity contribution in [1.29, 1.82) is 0 Å². The van der Waals surface area contributed by atoms with Crippen LogP contribution < -0.4 is 5.32 Å². The Labute approximate surface area is 130 Å². The Kier molecular flexibility index (Phi) is 2.68. The van der Waals surface area contributed by atoms with Crippen LogP contribution in [0.5, 0.6) is 0 Å². The molecule has 2 aromatic carbocycles. The molecule has 3 heterocycles. The van der Waals surface area contributed by atoms with Gasteiger partial charge in [0.1, 0.15) is 0 Å². The first-order valence-corrected chi connectivity index (χ1v) is 8.35. The molecule has 1 saturated heterocycles. The Morgan fingerprint density at radius 2 is 1.73 bits per heavy atom. The first-order chi connectivity index (χ1) is 10.9. The fraction of sp³-hybridized carbons (Fsp3) is 0.300. The van der Waals surface area contributed by atoms with E-state index in [-0.39, 0.29) is 0 Å². The van der Waals surface area contributed by atoms with Crippen molar-refractivity contribution in [1.82, 2.24) is 9.88 Å². The van der Waals surface area contributed by atoms with Crippen molar-refractivity contribution in [2.75, 3.05) is 0 Å². The summed E-state index contributed by atoms with van der Waals surface area (Å²) in [6.07, 6.45) is 5.08. The predicted molar refractivity (Wildman–Crippen MR) is 90.5 cm³/mol. The minimum absolute atomic E-state index is 0.539. The minimum Gasteiger partial charge on any atom is -0.313 e. The van der Waals surface area contributed by atoms with E-state index in [1.54, 1.807) is 5.56 Å². The number of benzene rings is 2. The van der Waals surface area contributed by atoms with Gasteiger partial charge < -0.3 is 9.88 Å². The maximum atomic E-state index is 3.85. The molecule has 5 rings (SSSR count). The Morgan fingerprint density at radius 1 is 0.909 bits per heavy atom. The van der Waals surface area contributed by atoms with Gasteiger partial charge >= 0.3 is 0 Å². The van der Waals surface area contributed by atoms with Gasteiger partial charge in [-0.1, -0.05) is 36.4 Å². The molecule has 0 saturated carbocycles. The first kappa shape index (κ1) is 12.5. The standard InChI is InChI=1S/C20H20N2/c1-2-8-15(9-3-1)22-18-12-5-4-10-16(18)20-17-11-6-7-14(21-17)13-19(20)22/h1-5,8-10,12,14,17,21H,6-7,11,13H2. The van der Waals surface area contributed by atoms with E-state index < -0.39 is 0 Å². The molecule has 1 fully saturated rings. The number of hydrogen-bond donors (Lipinski definition) is 1. The number of aromatic nitrogens is 1. The van der Waals surface area contributed by atoms with Crippen LogP contribution in [0.2, 0.25) is 0 Å². The zero-order chi connectivity index (χ0) is 14.5. The second-order valence-corrected chi connectivity index (χ2v) is 6.60. The molecule has 2 aliphatic rings. The number of rotatable bonds is 1. The lowest BCUT2D eigenvalue weighted by Gasteiger charge is -2.37. The molecule has 1 aromatic heterocycles. The highest BCUT2D eigenvalue weighted by Crippen LogP contribution is 2.41. The molecule has 0 spiro atoms. The van der Waals surface area contributed by atoms with Crippen molar-refractivity contribution in [3.63, 3.8) is 0 Å². The molecule has 0 radical (unpaired) electrons. The van der Waals surface area contributed by atoms with Crippen molar-refractivity contribution in [3.05, 3.63) is 65.9 Å². The monoisotopic (exact) mass is 288 g/mol. The number of para-hydroxylation sites is 2. The Morgan fingerprint density at radius 3 is 2.64 bits per heavy atom. The summed E-state index contributed by atoms with van der Waals surface area (Å²) in [5.41, 5.74) is 5.73. The summed E-state index contributed by atoms with van der Waals surface area (Å²) in [5.74, 6) is 0.